The van der Waals surface area contributed by atoms with Gasteiger partial charge in [0.05, 0.1) is 16.6 Å². The van der Waals surface area contributed by atoms with Crippen LogP contribution < -0.4 is 5.32 Å². The molecule has 2 N–H and O–H groups in total. The molecule has 2 aliphatic rings. The number of benzene rings is 2. The molecule has 180 valence electrons. The highest BCUT2D eigenvalue weighted by Gasteiger charge is 2.29. The fourth-order valence-corrected chi connectivity index (χ4v) is 5.86. The number of aromatic amines is 1. The Bertz CT molecular complexity index is 1380. The van der Waals surface area contributed by atoms with Crippen molar-refractivity contribution in [1.82, 2.24) is 20.3 Å². The van der Waals surface area contributed by atoms with Gasteiger partial charge in [-0.1, -0.05) is 6.92 Å². The first kappa shape index (κ1) is 22.2. The zero-order valence-corrected chi connectivity index (χ0v) is 20.1. The highest BCUT2D eigenvalue weighted by Crippen LogP contribution is 2.43. The van der Waals surface area contributed by atoms with E-state index in [1.807, 2.05) is 24.4 Å². The quantitative estimate of drug-likeness (QED) is 0.345. The number of pyridine rings is 1. The van der Waals surface area contributed by atoms with Crippen LogP contribution >= 0.6 is 0 Å². The maximum absolute atomic E-state index is 13.9. The predicted molar refractivity (Wildman–Crippen MR) is 136 cm³/mol. The van der Waals surface area contributed by atoms with Crippen molar-refractivity contribution in [2.45, 2.75) is 69.7 Å². The number of imidazole rings is 1. The van der Waals surface area contributed by atoms with E-state index in [1.54, 1.807) is 12.1 Å². The van der Waals surface area contributed by atoms with Crippen molar-refractivity contribution >= 4 is 27.8 Å². The average Bonchev–Trinajstić information content (AvgIpc) is 3.29. The second kappa shape index (κ2) is 9.06. The molecule has 1 amide bonds. The topological polar surface area (TPSA) is 70.7 Å². The summed E-state index contributed by atoms with van der Waals surface area (Å²) in [6, 6.07) is 13.0. The summed E-state index contributed by atoms with van der Waals surface area (Å²) in [4.78, 5) is 25.3. The minimum Gasteiger partial charge on any atom is -0.349 e. The van der Waals surface area contributed by atoms with Gasteiger partial charge >= 0.3 is 0 Å². The first-order valence-corrected chi connectivity index (χ1v) is 12.9. The number of amides is 1. The first-order valence-electron chi connectivity index (χ1n) is 12.9. The molecule has 2 aromatic heterocycles. The zero-order valence-electron chi connectivity index (χ0n) is 20.1. The van der Waals surface area contributed by atoms with E-state index in [9.17, 15) is 9.18 Å². The molecule has 6 rings (SSSR count). The minimum atomic E-state index is -0.206. The van der Waals surface area contributed by atoms with E-state index in [0.717, 1.165) is 66.3 Å². The van der Waals surface area contributed by atoms with Gasteiger partial charge in [-0.3, -0.25) is 9.78 Å². The molecule has 0 aliphatic heterocycles. The normalized spacial score (nSPS) is 21.7. The van der Waals surface area contributed by atoms with Gasteiger partial charge < -0.3 is 10.3 Å². The molecule has 1 atom stereocenters. The number of carbonyl (C=O) groups excluding carboxylic acids is 1. The number of H-pyrrole nitrogens is 1. The fourth-order valence-electron chi connectivity index (χ4n) is 5.86. The lowest BCUT2D eigenvalue weighted by molar-refractivity contribution is 0.0917. The molecule has 2 heterocycles. The first-order chi connectivity index (χ1) is 17.0. The molecule has 2 aliphatic carbocycles. The van der Waals surface area contributed by atoms with E-state index >= 15 is 0 Å². The van der Waals surface area contributed by atoms with Gasteiger partial charge in [0.25, 0.3) is 5.91 Å². The summed E-state index contributed by atoms with van der Waals surface area (Å²) in [6.07, 6.45) is 9.58. The zero-order chi connectivity index (χ0) is 23.9. The Balaban J connectivity index is 1.15. The number of hydrogen-bond donors (Lipinski definition) is 2. The molecule has 0 spiro atoms. The summed E-state index contributed by atoms with van der Waals surface area (Å²) in [6.45, 7) is 2.25. The second-order valence-electron chi connectivity index (χ2n) is 10.4. The lowest BCUT2D eigenvalue weighted by atomic mass is 9.73. The molecule has 0 radical (unpaired) electrons. The van der Waals surface area contributed by atoms with E-state index in [4.69, 9.17) is 4.98 Å². The van der Waals surface area contributed by atoms with Gasteiger partial charge in [-0.2, -0.15) is 0 Å². The van der Waals surface area contributed by atoms with E-state index in [1.165, 1.54) is 18.1 Å². The van der Waals surface area contributed by atoms with Crippen molar-refractivity contribution in [3.05, 3.63) is 71.4 Å². The van der Waals surface area contributed by atoms with Gasteiger partial charge in [-0.05, 0) is 105 Å². The van der Waals surface area contributed by atoms with Crippen LogP contribution in [-0.4, -0.2) is 26.9 Å². The van der Waals surface area contributed by atoms with Crippen LogP contribution in [0.2, 0.25) is 0 Å². The van der Waals surface area contributed by atoms with Gasteiger partial charge in [-0.15, -0.1) is 0 Å². The Morgan fingerprint density at radius 3 is 2.60 bits per heavy atom. The Morgan fingerprint density at radius 1 is 1.03 bits per heavy atom. The third kappa shape index (κ3) is 4.30. The van der Waals surface area contributed by atoms with Crippen LogP contribution in [0.1, 0.15) is 85.5 Å². The lowest BCUT2D eigenvalue weighted by Crippen LogP contribution is -2.39. The number of hydrogen-bond acceptors (Lipinski definition) is 3. The highest BCUT2D eigenvalue weighted by molar-refractivity contribution is 5.97. The van der Waals surface area contributed by atoms with Gasteiger partial charge in [0, 0.05) is 29.1 Å². The van der Waals surface area contributed by atoms with E-state index in [2.05, 4.69) is 28.3 Å². The van der Waals surface area contributed by atoms with Crippen molar-refractivity contribution in [3.63, 3.8) is 0 Å². The second-order valence-corrected chi connectivity index (χ2v) is 10.4. The lowest BCUT2D eigenvalue weighted by Gasteiger charge is -2.32. The van der Waals surface area contributed by atoms with Crippen molar-refractivity contribution in [2.75, 3.05) is 0 Å². The number of carbonyl (C=O) groups is 1. The molecule has 5 nitrogen and oxygen atoms in total. The molecule has 2 fully saturated rings. The van der Waals surface area contributed by atoms with Crippen molar-refractivity contribution in [1.29, 1.82) is 0 Å². The summed E-state index contributed by atoms with van der Waals surface area (Å²) in [5, 5.41) is 4.06. The number of nitrogens with one attached hydrogen (secondary N) is 2. The number of halogens is 1. The molecule has 6 heteroatoms. The van der Waals surface area contributed by atoms with Gasteiger partial charge in [-0.25, -0.2) is 9.37 Å². The highest BCUT2D eigenvalue weighted by atomic mass is 19.1. The predicted octanol–water partition coefficient (Wildman–Crippen LogP) is 6.61. The molecule has 0 bridgehead atoms. The molecule has 4 aromatic rings. The monoisotopic (exact) mass is 470 g/mol. The van der Waals surface area contributed by atoms with Crippen LogP contribution in [0.4, 0.5) is 4.39 Å². The number of nitrogens with zero attached hydrogens (tertiary/aromatic N) is 2. The average molecular weight is 471 g/mol. The largest absolute Gasteiger partial charge is 0.349 e. The third-order valence-electron chi connectivity index (χ3n) is 8.29. The summed E-state index contributed by atoms with van der Waals surface area (Å²) >= 11 is 0. The van der Waals surface area contributed by atoms with Gasteiger partial charge in [0.2, 0.25) is 0 Å². The Kier molecular flexibility index (Phi) is 5.75. The maximum Gasteiger partial charge on any atom is 0.251 e. The fraction of sp³-hybridized carbons (Fsp3) is 0.414. The Labute approximate surface area is 204 Å². The number of fused-ring (bicyclic) bond motifs is 2. The third-order valence-corrected chi connectivity index (χ3v) is 8.29. The molecular formula is C29H31FN4O. The summed E-state index contributed by atoms with van der Waals surface area (Å²) in [5.41, 5.74) is 4.60. The molecule has 1 unspecified atom stereocenters. The van der Waals surface area contributed by atoms with Crippen LogP contribution in [0.25, 0.3) is 21.9 Å². The molecular weight excluding hydrogens is 439 g/mol. The van der Waals surface area contributed by atoms with E-state index in [-0.39, 0.29) is 11.7 Å². The van der Waals surface area contributed by atoms with Crippen LogP contribution in [0, 0.1) is 11.7 Å². The standard InChI is InChI=1S/C29H31FN4O/c1-17(28-33-26-11-9-20(15-27(26)34-28)29(35)32-22-3-2-4-22)18-5-7-19(8-6-18)23-13-14-31-25-12-10-21(30)16-24(23)25/h9-19,22H,2-8H2,1H3,(H,32,35)(H,33,34). The smallest absolute Gasteiger partial charge is 0.251 e. The van der Waals surface area contributed by atoms with Crippen molar-refractivity contribution < 1.29 is 9.18 Å². The molecule has 0 saturated heterocycles. The van der Waals surface area contributed by atoms with Crippen LogP contribution in [0.15, 0.2) is 48.7 Å². The SMILES string of the molecule is CC(c1nc2ccc(C(=O)NC3CCC3)cc2[nH]1)C1CCC(c2ccnc3ccc(F)cc23)CC1. The van der Waals surface area contributed by atoms with Crippen molar-refractivity contribution in [3.8, 4) is 0 Å². The summed E-state index contributed by atoms with van der Waals surface area (Å²) in [5.74, 6) is 2.07. The summed E-state index contributed by atoms with van der Waals surface area (Å²) < 4.78 is 13.9. The molecule has 2 saturated carbocycles. The Hall–Kier alpha value is -3.28. The molecule has 2 aromatic carbocycles. The summed E-state index contributed by atoms with van der Waals surface area (Å²) in [7, 11) is 0. The number of rotatable bonds is 5. The van der Waals surface area contributed by atoms with Gasteiger partial charge in [0.15, 0.2) is 0 Å². The number of aromatic nitrogens is 3. The van der Waals surface area contributed by atoms with E-state index in [0.29, 0.717) is 29.4 Å². The maximum atomic E-state index is 13.9. The van der Waals surface area contributed by atoms with Crippen molar-refractivity contribution in [2.24, 2.45) is 5.92 Å². The Morgan fingerprint density at radius 2 is 1.83 bits per heavy atom. The van der Waals surface area contributed by atoms with Crippen LogP contribution in [0.3, 0.4) is 0 Å². The van der Waals surface area contributed by atoms with Crippen LogP contribution in [-0.2, 0) is 0 Å². The molecule has 35 heavy (non-hydrogen) atoms. The van der Waals surface area contributed by atoms with Gasteiger partial charge in [0.1, 0.15) is 11.6 Å². The van der Waals surface area contributed by atoms with E-state index < -0.39 is 0 Å². The minimum absolute atomic E-state index is 0.00244. The van der Waals surface area contributed by atoms with Crippen LogP contribution in [0.5, 0.6) is 0 Å².